The fraction of sp³-hybridized carbons (Fsp3) is 0.263. The molecule has 0 aliphatic rings. The Morgan fingerprint density at radius 3 is 2.40 bits per heavy atom. The third-order valence-corrected chi connectivity index (χ3v) is 3.95. The van der Waals surface area contributed by atoms with Crippen molar-refractivity contribution in [1.82, 2.24) is 5.32 Å². The lowest BCUT2D eigenvalue weighted by Gasteiger charge is -2.12. The van der Waals surface area contributed by atoms with E-state index in [9.17, 15) is 9.59 Å². The Morgan fingerprint density at radius 1 is 1.08 bits per heavy atom. The van der Waals surface area contributed by atoms with Gasteiger partial charge >= 0.3 is 0 Å². The molecule has 0 aliphatic heterocycles. The molecule has 0 saturated carbocycles. The van der Waals surface area contributed by atoms with Gasteiger partial charge < -0.3 is 15.4 Å². The van der Waals surface area contributed by atoms with Gasteiger partial charge in [-0.2, -0.15) is 0 Å². The number of anilines is 1. The van der Waals surface area contributed by atoms with Gasteiger partial charge in [0.15, 0.2) is 0 Å². The summed E-state index contributed by atoms with van der Waals surface area (Å²) in [6.07, 6.45) is 0. The normalized spacial score (nSPS) is 10.4. The maximum Gasteiger partial charge on any atom is 0.255 e. The van der Waals surface area contributed by atoms with Gasteiger partial charge in [-0.05, 0) is 49.2 Å². The van der Waals surface area contributed by atoms with Crippen LogP contribution in [0, 0.1) is 13.8 Å². The second-order valence-electron chi connectivity index (χ2n) is 5.72. The molecule has 6 heteroatoms. The molecule has 0 radical (unpaired) electrons. The van der Waals surface area contributed by atoms with E-state index >= 15 is 0 Å². The molecule has 2 aromatic carbocycles. The van der Waals surface area contributed by atoms with Gasteiger partial charge in [0.25, 0.3) is 11.8 Å². The Morgan fingerprint density at radius 2 is 1.76 bits per heavy atom. The number of carbonyl (C=O) groups is 2. The predicted octanol–water partition coefficient (Wildman–Crippen LogP) is 3.59. The molecule has 0 heterocycles. The number of halogens is 1. The first-order valence-electron chi connectivity index (χ1n) is 7.87. The van der Waals surface area contributed by atoms with Crippen molar-refractivity contribution in [2.24, 2.45) is 0 Å². The van der Waals surface area contributed by atoms with Crippen molar-refractivity contribution < 1.29 is 14.3 Å². The molecule has 0 aliphatic carbocycles. The predicted molar refractivity (Wildman–Crippen MR) is 99.5 cm³/mol. The molecule has 2 amide bonds. The van der Waals surface area contributed by atoms with Crippen LogP contribution in [-0.2, 0) is 4.74 Å². The molecule has 0 aromatic heterocycles. The van der Waals surface area contributed by atoms with Gasteiger partial charge in [-0.1, -0.05) is 23.7 Å². The average Bonchev–Trinajstić information content (AvgIpc) is 2.58. The molecular weight excluding hydrogens is 340 g/mol. The Hall–Kier alpha value is -2.37. The fourth-order valence-corrected chi connectivity index (χ4v) is 2.80. The first-order valence-corrected chi connectivity index (χ1v) is 8.25. The number of hydrogen-bond acceptors (Lipinski definition) is 3. The van der Waals surface area contributed by atoms with Crippen LogP contribution in [0.3, 0.4) is 0 Å². The van der Waals surface area contributed by atoms with Gasteiger partial charge in [-0.25, -0.2) is 0 Å². The van der Waals surface area contributed by atoms with Crippen LogP contribution in [0.25, 0.3) is 0 Å². The number of benzene rings is 2. The standard InChI is InChI=1S/C19H21ClN2O3/c1-12-9-13(2)17(16(20)10-12)22-19(24)15-6-4-5-14(11-15)18(23)21-7-8-25-3/h4-6,9-11H,7-8H2,1-3H3,(H,21,23)(H,22,24). The topological polar surface area (TPSA) is 67.4 Å². The zero-order valence-electron chi connectivity index (χ0n) is 14.5. The van der Waals surface area contributed by atoms with Crippen molar-refractivity contribution in [3.63, 3.8) is 0 Å². The molecule has 2 aromatic rings. The van der Waals surface area contributed by atoms with Crippen LogP contribution in [0.1, 0.15) is 31.8 Å². The van der Waals surface area contributed by atoms with Crippen LogP contribution < -0.4 is 10.6 Å². The van der Waals surface area contributed by atoms with Crippen LogP contribution in [0.4, 0.5) is 5.69 Å². The van der Waals surface area contributed by atoms with Crippen LogP contribution in [0.15, 0.2) is 36.4 Å². The van der Waals surface area contributed by atoms with Crippen molar-refractivity contribution >= 4 is 29.1 Å². The maximum absolute atomic E-state index is 12.5. The van der Waals surface area contributed by atoms with Crippen LogP contribution in [0.5, 0.6) is 0 Å². The second kappa shape index (κ2) is 8.65. The van der Waals surface area contributed by atoms with Crippen LogP contribution >= 0.6 is 11.6 Å². The number of amides is 2. The van der Waals surface area contributed by atoms with Crippen LogP contribution in [0.2, 0.25) is 5.02 Å². The molecule has 0 atom stereocenters. The van der Waals surface area contributed by atoms with Gasteiger partial charge in [-0.3, -0.25) is 9.59 Å². The third kappa shape index (κ3) is 5.05. The van der Waals surface area contributed by atoms with E-state index in [1.165, 1.54) is 0 Å². The Balaban J connectivity index is 2.15. The van der Waals surface area contributed by atoms with Gasteiger partial charge in [0.05, 0.1) is 17.3 Å². The van der Waals surface area contributed by atoms with Crippen molar-refractivity contribution in [3.05, 3.63) is 63.7 Å². The van der Waals surface area contributed by atoms with Crippen LogP contribution in [-0.4, -0.2) is 32.1 Å². The van der Waals surface area contributed by atoms with E-state index in [1.54, 1.807) is 37.4 Å². The molecule has 132 valence electrons. The lowest BCUT2D eigenvalue weighted by Crippen LogP contribution is -2.27. The number of ether oxygens (including phenoxy) is 1. The Bertz CT molecular complexity index is 767. The molecule has 0 fully saturated rings. The summed E-state index contributed by atoms with van der Waals surface area (Å²) in [4.78, 5) is 24.6. The SMILES string of the molecule is COCCNC(=O)c1cccc(C(=O)Nc2c(C)cc(C)cc2Cl)c1. The molecule has 2 N–H and O–H groups in total. The quantitative estimate of drug-likeness (QED) is 0.773. The van der Waals surface area contributed by atoms with Gasteiger partial charge in [0.2, 0.25) is 0 Å². The van der Waals surface area contributed by atoms with Crippen molar-refractivity contribution in [2.45, 2.75) is 13.8 Å². The Kier molecular flexibility index (Phi) is 6.56. The van der Waals surface area contributed by atoms with E-state index in [2.05, 4.69) is 10.6 Å². The molecular formula is C19H21ClN2O3. The number of hydrogen-bond donors (Lipinski definition) is 2. The number of methoxy groups -OCH3 is 1. The minimum Gasteiger partial charge on any atom is -0.383 e. The highest BCUT2D eigenvalue weighted by molar-refractivity contribution is 6.34. The number of rotatable bonds is 6. The maximum atomic E-state index is 12.5. The van der Waals surface area contributed by atoms with Crippen molar-refractivity contribution in [2.75, 3.05) is 25.6 Å². The molecule has 2 rings (SSSR count). The summed E-state index contributed by atoms with van der Waals surface area (Å²) in [5.41, 5.74) is 3.28. The number of nitrogens with one attached hydrogen (secondary N) is 2. The molecule has 0 spiro atoms. The van der Waals surface area contributed by atoms with Gasteiger partial charge in [-0.15, -0.1) is 0 Å². The fourth-order valence-electron chi connectivity index (χ4n) is 2.43. The summed E-state index contributed by atoms with van der Waals surface area (Å²) in [5.74, 6) is -0.573. The van der Waals surface area contributed by atoms with E-state index in [0.717, 1.165) is 11.1 Å². The smallest absolute Gasteiger partial charge is 0.255 e. The zero-order valence-corrected chi connectivity index (χ0v) is 15.2. The highest BCUT2D eigenvalue weighted by Gasteiger charge is 2.13. The highest BCUT2D eigenvalue weighted by Crippen LogP contribution is 2.27. The molecule has 25 heavy (non-hydrogen) atoms. The summed E-state index contributed by atoms with van der Waals surface area (Å²) in [6, 6.07) is 10.3. The second-order valence-corrected chi connectivity index (χ2v) is 6.13. The lowest BCUT2D eigenvalue weighted by atomic mass is 10.1. The van der Waals surface area contributed by atoms with Gasteiger partial charge in [0.1, 0.15) is 0 Å². The van der Waals surface area contributed by atoms with E-state index in [1.807, 2.05) is 19.9 Å². The third-order valence-electron chi connectivity index (χ3n) is 3.65. The number of aryl methyl sites for hydroxylation is 2. The van der Waals surface area contributed by atoms with Crippen molar-refractivity contribution in [1.29, 1.82) is 0 Å². The summed E-state index contributed by atoms with van der Waals surface area (Å²) in [5, 5.41) is 6.03. The minimum absolute atomic E-state index is 0.253. The monoisotopic (exact) mass is 360 g/mol. The van der Waals surface area contributed by atoms with E-state index in [-0.39, 0.29) is 11.8 Å². The first kappa shape index (κ1) is 19.0. The highest BCUT2D eigenvalue weighted by atomic mass is 35.5. The Labute approximate surface area is 152 Å². The average molecular weight is 361 g/mol. The summed E-state index contributed by atoms with van der Waals surface area (Å²) < 4.78 is 4.90. The number of carbonyl (C=O) groups excluding carboxylic acids is 2. The first-order chi connectivity index (χ1) is 11.9. The molecule has 0 saturated heterocycles. The summed E-state index contributed by atoms with van der Waals surface area (Å²) >= 11 is 6.23. The van der Waals surface area contributed by atoms with Crippen molar-refractivity contribution in [3.8, 4) is 0 Å². The van der Waals surface area contributed by atoms with Gasteiger partial charge in [0, 0.05) is 24.8 Å². The molecule has 0 unspecified atom stereocenters. The summed E-state index contributed by atoms with van der Waals surface area (Å²) in [6.45, 7) is 4.66. The minimum atomic E-state index is -0.319. The molecule has 5 nitrogen and oxygen atoms in total. The zero-order chi connectivity index (χ0) is 18.4. The van der Waals surface area contributed by atoms with E-state index in [4.69, 9.17) is 16.3 Å². The van der Waals surface area contributed by atoms with E-state index in [0.29, 0.717) is 35.0 Å². The molecule has 0 bridgehead atoms. The lowest BCUT2D eigenvalue weighted by molar-refractivity contribution is 0.0937. The largest absolute Gasteiger partial charge is 0.383 e. The van der Waals surface area contributed by atoms with E-state index < -0.39 is 0 Å². The summed E-state index contributed by atoms with van der Waals surface area (Å²) in [7, 11) is 1.56.